The number of aromatic nitrogens is 1. The predicted molar refractivity (Wildman–Crippen MR) is 120 cm³/mol. The van der Waals surface area contributed by atoms with E-state index in [9.17, 15) is 9.59 Å². The zero-order chi connectivity index (χ0) is 20.9. The lowest BCUT2D eigenvalue weighted by molar-refractivity contribution is 0.0773. The summed E-state index contributed by atoms with van der Waals surface area (Å²) in [6.07, 6.45) is 7.84. The number of thioether (sulfide) groups is 1. The second-order valence-corrected chi connectivity index (χ2v) is 10.5. The number of thiocyanates is 1. The number of nitrogens with one attached hydrogen (secondary N) is 1. The van der Waals surface area contributed by atoms with Crippen LogP contribution in [0.5, 0.6) is 0 Å². The van der Waals surface area contributed by atoms with Crippen LogP contribution < -0.4 is 5.32 Å². The minimum absolute atomic E-state index is 0.00456. The molecular formula is C20H23N5O2S3. The van der Waals surface area contributed by atoms with E-state index in [1.54, 1.807) is 6.20 Å². The van der Waals surface area contributed by atoms with Gasteiger partial charge >= 0.3 is 6.03 Å². The number of thiazole rings is 1. The van der Waals surface area contributed by atoms with Crippen LogP contribution in [0.1, 0.15) is 48.2 Å². The molecule has 1 saturated heterocycles. The van der Waals surface area contributed by atoms with E-state index in [1.165, 1.54) is 29.1 Å². The van der Waals surface area contributed by atoms with Crippen molar-refractivity contribution in [3.63, 3.8) is 0 Å². The van der Waals surface area contributed by atoms with E-state index < -0.39 is 0 Å². The number of hydrogen-bond acceptors (Lipinski definition) is 7. The Balaban J connectivity index is 1.47. The molecular weight excluding hydrogens is 438 g/mol. The number of thiophene rings is 1. The minimum atomic E-state index is -0.153. The Morgan fingerprint density at radius 3 is 2.83 bits per heavy atom. The fraction of sp³-hybridized carbons (Fsp3) is 0.500. The van der Waals surface area contributed by atoms with Crippen molar-refractivity contribution in [2.45, 2.75) is 54.8 Å². The van der Waals surface area contributed by atoms with Crippen molar-refractivity contribution in [2.24, 2.45) is 0 Å². The van der Waals surface area contributed by atoms with E-state index >= 15 is 0 Å². The molecule has 1 atom stereocenters. The van der Waals surface area contributed by atoms with Crippen LogP contribution in [0.15, 0.2) is 27.9 Å². The van der Waals surface area contributed by atoms with Crippen LogP contribution in [-0.2, 0) is 0 Å². The zero-order valence-corrected chi connectivity index (χ0v) is 18.9. The van der Waals surface area contributed by atoms with Gasteiger partial charge in [0.2, 0.25) is 0 Å². The highest BCUT2D eigenvalue weighted by Crippen LogP contribution is 2.31. The molecule has 0 radical (unpaired) electrons. The standard InChI is InChI=1S/C20H23N5O2S3/c21-13-29-17-11-22-19(30-17)23-20(27)25(14-5-2-1-3-6-14)15-8-9-24(12-15)18(26)16-7-4-10-28-16/h4,7,10-11,14-15H,1-3,5-6,8-9,12H2,(H,22,23,27)/t15-/m1/s1. The fourth-order valence-corrected chi connectivity index (χ4v) is 6.20. The number of rotatable bonds is 5. The highest BCUT2D eigenvalue weighted by Gasteiger charge is 2.37. The van der Waals surface area contributed by atoms with Crippen molar-refractivity contribution in [2.75, 3.05) is 18.4 Å². The van der Waals surface area contributed by atoms with Crippen LogP contribution in [-0.4, -0.2) is 51.9 Å². The summed E-state index contributed by atoms with van der Waals surface area (Å²) >= 11 is 3.80. The van der Waals surface area contributed by atoms with Crippen LogP contribution in [0, 0.1) is 10.7 Å². The van der Waals surface area contributed by atoms with Gasteiger partial charge in [0.15, 0.2) is 5.13 Å². The molecule has 1 aliphatic heterocycles. The summed E-state index contributed by atoms with van der Waals surface area (Å²) in [5, 5.41) is 16.2. The van der Waals surface area contributed by atoms with E-state index in [-0.39, 0.29) is 24.0 Å². The molecule has 3 heterocycles. The SMILES string of the molecule is N#CSc1cnc(NC(=O)N(C2CCCCC2)[C@@H]2CCN(C(=O)c3cccs3)C2)s1. The third-order valence-electron chi connectivity index (χ3n) is 5.62. The first-order valence-corrected chi connectivity index (χ1v) is 12.6. The molecule has 158 valence electrons. The third-order valence-corrected chi connectivity index (χ3v) is 8.09. The summed E-state index contributed by atoms with van der Waals surface area (Å²) in [5.41, 5.74) is 0. The first-order chi connectivity index (χ1) is 14.7. The van der Waals surface area contributed by atoms with Crippen molar-refractivity contribution in [3.05, 3.63) is 28.6 Å². The summed E-state index contributed by atoms with van der Waals surface area (Å²) in [5.74, 6) is 0.0506. The summed E-state index contributed by atoms with van der Waals surface area (Å²) in [4.78, 5) is 34.9. The molecule has 4 rings (SSSR count). The topological polar surface area (TPSA) is 89.3 Å². The van der Waals surface area contributed by atoms with Gasteiger partial charge in [0, 0.05) is 30.9 Å². The van der Waals surface area contributed by atoms with Gasteiger partial charge in [0.05, 0.1) is 21.3 Å². The third kappa shape index (κ3) is 4.79. The number of carbonyl (C=O) groups is 2. The highest BCUT2D eigenvalue weighted by molar-refractivity contribution is 8.05. The maximum absolute atomic E-state index is 13.3. The van der Waals surface area contributed by atoms with Gasteiger partial charge in [0.25, 0.3) is 5.91 Å². The Morgan fingerprint density at radius 1 is 1.27 bits per heavy atom. The average molecular weight is 462 g/mol. The van der Waals surface area contributed by atoms with Crippen LogP contribution in [0.2, 0.25) is 0 Å². The molecule has 10 heteroatoms. The monoisotopic (exact) mass is 461 g/mol. The molecule has 0 unspecified atom stereocenters. The zero-order valence-electron chi connectivity index (χ0n) is 16.5. The number of nitrogens with zero attached hydrogens (tertiary/aromatic N) is 4. The molecule has 30 heavy (non-hydrogen) atoms. The Labute approximate surface area is 188 Å². The highest BCUT2D eigenvalue weighted by atomic mass is 32.2. The van der Waals surface area contributed by atoms with Crippen molar-refractivity contribution >= 4 is 51.5 Å². The number of amides is 3. The quantitative estimate of drug-likeness (QED) is 0.507. The minimum Gasteiger partial charge on any atom is -0.336 e. The number of nitriles is 1. The van der Waals surface area contributed by atoms with E-state index in [4.69, 9.17) is 5.26 Å². The van der Waals surface area contributed by atoms with Gasteiger partial charge < -0.3 is 9.80 Å². The molecule has 2 aromatic heterocycles. The lowest BCUT2D eigenvalue weighted by Crippen LogP contribution is -2.51. The van der Waals surface area contributed by atoms with E-state index in [0.717, 1.165) is 53.0 Å². The molecule has 2 aromatic rings. The Morgan fingerprint density at radius 2 is 2.10 bits per heavy atom. The van der Waals surface area contributed by atoms with E-state index in [0.29, 0.717) is 18.2 Å². The van der Waals surface area contributed by atoms with Crippen molar-refractivity contribution in [3.8, 4) is 5.40 Å². The summed E-state index contributed by atoms with van der Waals surface area (Å²) in [7, 11) is 0. The van der Waals surface area contributed by atoms with Gasteiger partial charge in [0.1, 0.15) is 5.40 Å². The molecule has 0 aromatic carbocycles. The summed E-state index contributed by atoms with van der Waals surface area (Å²) in [6.45, 7) is 1.23. The predicted octanol–water partition coefficient (Wildman–Crippen LogP) is 4.86. The molecule has 7 nitrogen and oxygen atoms in total. The largest absolute Gasteiger partial charge is 0.336 e. The summed E-state index contributed by atoms with van der Waals surface area (Å²) in [6, 6.07) is 3.78. The van der Waals surface area contributed by atoms with Crippen molar-refractivity contribution < 1.29 is 9.59 Å². The number of hydrogen-bond donors (Lipinski definition) is 1. The second-order valence-electron chi connectivity index (χ2n) is 7.48. The van der Waals surface area contributed by atoms with Gasteiger partial charge in [-0.05, 0) is 30.7 Å². The molecule has 1 N–H and O–H groups in total. The van der Waals surface area contributed by atoms with Gasteiger partial charge in [-0.15, -0.1) is 11.3 Å². The Kier molecular flexibility index (Phi) is 6.92. The van der Waals surface area contributed by atoms with Crippen LogP contribution in [0.25, 0.3) is 0 Å². The normalized spacial score (nSPS) is 19.4. The number of anilines is 1. The Hall–Kier alpha value is -2.09. The molecule has 0 bridgehead atoms. The summed E-state index contributed by atoms with van der Waals surface area (Å²) < 4.78 is 0.755. The van der Waals surface area contributed by atoms with Gasteiger partial charge in [-0.1, -0.05) is 36.7 Å². The molecule has 3 amide bonds. The van der Waals surface area contributed by atoms with E-state index in [1.807, 2.05) is 32.7 Å². The van der Waals surface area contributed by atoms with Crippen molar-refractivity contribution in [1.82, 2.24) is 14.8 Å². The van der Waals surface area contributed by atoms with Gasteiger partial charge in [-0.2, -0.15) is 5.26 Å². The molecule has 1 saturated carbocycles. The lowest BCUT2D eigenvalue weighted by atomic mass is 9.93. The molecule has 1 aliphatic carbocycles. The van der Waals surface area contributed by atoms with Crippen LogP contribution in [0.4, 0.5) is 9.93 Å². The van der Waals surface area contributed by atoms with Crippen LogP contribution >= 0.6 is 34.4 Å². The fourth-order valence-electron chi connectivity index (χ4n) is 4.26. The number of urea groups is 1. The Bertz CT molecular complexity index is 917. The smallest absolute Gasteiger partial charge is 0.324 e. The maximum atomic E-state index is 13.3. The molecule has 0 spiro atoms. The number of carbonyl (C=O) groups excluding carboxylic acids is 2. The molecule has 2 aliphatic rings. The number of likely N-dealkylation sites (tertiary alicyclic amines) is 1. The molecule has 2 fully saturated rings. The first-order valence-electron chi connectivity index (χ1n) is 10.1. The first kappa shape index (κ1) is 21.2. The lowest BCUT2D eigenvalue weighted by Gasteiger charge is -2.38. The second kappa shape index (κ2) is 9.81. The van der Waals surface area contributed by atoms with Gasteiger partial charge in [-0.3, -0.25) is 10.1 Å². The van der Waals surface area contributed by atoms with Crippen LogP contribution in [0.3, 0.4) is 0 Å². The maximum Gasteiger partial charge on any atom is 0.324 e. The van der Waals surface area contributed by atoms with Gasteiger partial charge in [-0.25, -0.2) is 9.78 Å². The van der Waals surface area contributed by atoms with Crippen molar-refractivity contribution in [1.29, 1.82) is 5.26 Å². The van der Waals surface area contributed by atoms with E-state index in [2.05, 4.69) is 10.3 Å². The average Bonchev–Trinajstić information content (AvgIpc) is 3.51.